The van der Waals surface area contributed by atoms with E-state index in [1.54, 1.807) is 12.1 Å². The van der Waals surface area contributed by atoms with Crippen LogP contribution in [0.1, 0.15) is 41.0 Å². The smallest absolute Gasteiger partial charge is 0.344 e. The molecule has 2 N–H and O–H groups in total. The van der Waals surface area contributed by atoms with Crippen LogP contribution >= 0.6 is 0 Å². The number of nitrogen functional groups attached to an aromatic ring is 1. The molecule has 160 valence electrons. The number of esters is 1. The van der Waals surface area contributed by atoms with Crippen LogP contribution in [0.25, 0.3) is 0 Å². The molecule has 0 bridgehead atoms. The van der Waals surface area contributed by atoms with Gasteiger partial charge in [-0.15, -0.1) is 0 Å². The Kier molecular flexibility index (Phi) is 7.29. The molecule has 2 rings (SSSR count). The van der Waals surface area contributed by atoms with Crippen molar-refractivity contribution in [3.05, 3.63) is 56.2 Å². The third-order valence-corrected chi connectivity index (χ3v) is 4.29. The summed E-state index contributed by atoms with van der Waals surface area (Å²) in [6.07, 6.45) is 0.565. The van der Waals surface area contributed by atoms with Gasteiger partial charge < -0.3 is 15.2 Å². The summed E-state index contributed by atoms with van der Waals surface area (Å²) in [6.45, 7) is 2.27. The van der Waals surface area contributed by atoms with Gasteiger partial charge in [-0.3, -0.25) is 23.5 Å². The minimum Gasteiger partial charge on any atom is -0.482 e. The number of aromatic nitrogens is 2. The predicted molar refractivity (Wildman–Crippen MR) is 108 cm³/mol. The lowest BCUT2D eigenvalue weighted by molar-refractivity contribution is -0.144. The summed E-state index contributed by atoms with van der Waals surface area (Å²) in [4.78, 5) is 60.0. The molecule has 0 unspecified atom stereocenters. The van der Waals surface area contributed by atoms with Crippen molar-refractivity contribution in [1.29, 1.82) is 0 Å². The number of anilines is 1. The number of nitrogens with zero attached hydrogens (tertiary/aromatic N) is 2. The maximum Gasteiger partial charge on any atom is 0.344 e. The van der Waals surface area contributed by atoms with Crippen molar-refractivity contribution >= 4 is 23.4 Å². The first-order valence-corrected chi connectivity index (χ1v) is 9.19. The summed E-state index contributed by atoms with van der Waals surface area (Å²) in [6, 6.07) is 6.15. The molecule has 0 saturated heterocycles. The number of carbonyl (C=O) groups excluding carboxylic acids is 3. The predicted octanol–water partition coefficient (Wildman–Crippen LogP) is 0.547. The second-order valence-electron chi connectivity index (χ2n) is 6.51. The van der Waals surface area contributed by atoms with Gasteiger partial charge in [0.25, 0.3) is 5.56 Å². The first-order chi connectivity index (χ1) is 14.2. The Hall–Kier alpha value is -3.69. The van der Waals surface area contributed by atoms with Crippen LogP contribution in [-0.2, 0) is 23.1 Å². The van der Waals surface area contributed by atoms with Gasteiger partial charge in [-0.1, -0.05) is 6.92 Å². The van der Waals surface area contributed by atoms with Gasteiger partial charge in [0.15, 0.2) is 19.0 Å². The first-order valence-electron chi connectivity index (χ1n) is 9.19. The molecule has 0 aliphatic carbocycles. The van der Waals surface area contributed by atoms with Crippen LogP contribution in [0.2, 0.25) is 0 Å². The summed E-state index contributed by atoms with van der Waals surface area (Å²) >= 11 is 0. The van der Waals surface area contributed by atoms with Crippen LogP contribution in [0.4, 0.5) is 5.82 Å². The number of hydrogen-bond donors (Lipinski definition) is 1. The topological polar surface area (TPSA) is 140 Å². The number of benzene rings is 1. The highest BCUT2D eigenvalue weighted by molar-refractivity contribution is 6.01. The van der Waals surface area contributed by atoms with Crippen molar-refractivity contribution in [2.45, 2.75) is 26.8 Å². The molecule has 0 aliphatic rings. The maximum absolute atomic E-state index is 12.4. The van der Waals surface area contributed by atoms with E-state index in [4.69, 9.17) is 15.2 Å². The van der Waals surface area contributed by atoms with Crippen molar-refractivity contribution in [1.82, 2.24) is 9.13 Å². The Balaban J connectivity index is 2.03. The Bertz CT molecular complexity index is 1080. The number of ether oxygens (including phenoxy) is 2. The molecular weight excluding hydrogens is 394 g/mol. The number of rotatable bonds is 9. The number of nitrogens with two attached hydrogens (primary N) is 1. The zero-order chi connectivity index (χ0) is 22.4. The Morgan fingerprint density at radius 1 is 1.07 bits per heavy atom. The van der Waals surface area contributed by atoms with E-state index >= 15 is 0 Å². The van der Waals surface area contributed by atoms with Gasteiger partial charge in [-0.05, 0) is 37.6 Å². The fourth-order valence-electron chi connectivity index (χ4n) is 2.67. The lowest BCUT2D eigenvalue weighted by atomic mass is 10.1. The molecule has 0 spiro atoms. The molecule has 0 amide bonds. The minimum absolute atomic E-state index is 0.102. The molecule has 0 atom stereocenters. The largest absolute Gasteiger partial charge is 0.482 e. The molecule has 0 radical (unpaired) electrons. The van der Waals surface area contributed by atoms with E-state index in [9.17, 15) is 24.0 Å². The van der Waals surface area contributed by atoms with Gasteiger partial charge >= 0.3 is 11.7 Å². The van der Waals surface area contributed by atoms with Crippen molar-refractivity contribution in [2.75, 3.05) is 18.9 Å². The molecular formula is C20H23N3O7. The number of Topliss-reactive ketones (excluding diaryl/α,β-unsaturated/α-hetero) is 2. The Morgan fingerprint density at radius 3 is 2.27 bits per heavy atom. The van der Waals surface area contributed by atoms with Crippen LogP contribution < -0.4 is 21.7 Å². The van der Waals surface area contributed by atoms with Crippen molar-refractivity contribution in [3.8, 4) is 5.75 Å². The first kappa shape index (κ1) is 22.6. The highest BCUT2D eigenvalue weighted by Gasteiger charge is 2.22. The van der Waals surface area contributed by atoms with Gasteiger partial charge in [-0.25, -0.2) is 9.59 Å². The van der Waals surface area contributed by atoms with E-state index in [0.717, 1.165) is 9.13 Å². The van der Waals surface area contributed by atoms with E-state index < -0.39 is 41.8 Å². The average molecular weight is 417 g/mol. The summed E-state index contributed by atoms with van der Waals surface area (Å²) < 4.78 is 12.0. The molecule has 0 saturated carbocycles. The average Bonchev–Trinajstić information content (AvgIpc) is 2.72. The van der Waals surface area contributed by atoms with Gasteiger partial charge in [0.2, 0.25) is 5.78 Å². The van der Waals surface area contributed by atoms with E-state index in [2.05, 4.69) is 0 Å². The fourth-order valence-corrected chi connectivity index (χ4v) is 2.67. The van der Waals surface area contributed by atoms with E-state index in [-0.39, 0.29) is 18.1 Å². The number of ketones is 2. The molecule has 0 fully saturated rings. The van der Waals surface area contributed by atoms with Crippen LogP contribution in [0.3, 0.4) is 0 Å². The second-order valence-corrected chi connectivity index (χ2v) is 6.51. The SMILES string of the molecule is CCCn1c(N)c(C(=O)COC(=O)COc2ccc(C(C)=O)cc2)c(=O)n(C)c1=O. The van der Waals surface area contributed by atoms with Crippen LogP contribution in [0.5, 0.6) is 5.75 Å². The van der Waals surface area contributed by atoms with Crippen molar-refractivity contribution in [2.24, 2.45) is 7.05 Å². The summed E-state index contributed by atoms with van der Waals surface area (Å²) in [5.41, 5.74) is 4.47. The summed E-state index contributed by atoms with van der Waals surface area (Å²) in [7, 11) is 1.24. The molecule has 10 nitrogen and oxygen atoms in total. The fraction of sp³-hybridized carbons (Fsp3) is 0.350. The number of carbonyl (C=O) groups is 3. The zero-order valence-electron chi connectivity index (χ0n) is 17.0. The molecule has 1 aromatic heterocycles. The van der Waals surface area contributed by atoms with Crippen molar-refractivity contribution < 1.29 is 23.9 Å². The lowest BCUT2D eigenvalue weighted by Crippen LogP contribution is -2.43. The quantitative estimate of drug-likeness (QED) is 0.461. The van der Waals surface area contributed by atoms with Gasteiger partial charge in [0, 0.05) is 19.2 Å². The van der Waals surface area contributed by atoms with E-state index in [1.165, 1.54) is 26.1 Å². The highest BCUT2D eigenvalue weighted by atomic mass is 16.6. The highest BCUT2D eigenvalue weighted by Crippen LogP contribution is 2.12. The summed E-state index contributed by atoms with van der Waals surface area (Å²) in [5.74, 6) is -1.68. The van der Waals surface area contributed by atoms with Gasteiger partial charge in [-0.2, -0.15) is 0 Å². The maximum atomic E-state index is 12.4. The molecule has 0 aliphatic heterocycles. The second kappa shape index (κ2) is 9.68. The number of hydrogen-bond acceptors (Lipinski definition) is 8. The molecule has 1 aromatic carbocycles. The Morgan fingerprint density at radius 2 is 1.70 bits per heavy atom. The van der Waals surface area contributed by atoms with E-state index in [0.29, 0.717) is 17.7 Å². The zero-order valence-corrected chi connectivity index (χ0v) is 17.0. The summed E-state index contributed by atoms with van der Waals surface area (Å²) in [5, 5.41) is 0. The Labute approximate surface area is 171 Å². The van der Waals surface area contributed by atoms with Gasteiger partial charge in [0.05, 0.1) is 0 Å². The van der Waals surface area contributed by atoms with Crippen LogP contribution in [0, 0.1) is 0 Å². The molecule has 30 heavy (non-hydrogen) atoms. The molecule has 10 heteroatoms. The normalized spacial score (nSPS) is 10.5. The monoisotopic (exact) mass is 417 g/mol. The third kappa shape index (κ3) is 5.02. The molecule has 1 heterocycles. The van der Waals surface area contributed by atoms with Crippen molar-refractivity contribution in [3.63, 3.8) is 0 Å². The third-order valence-electron chi connectivity index (χ3n) is 4.29. The lowest BCUT2D eigenvalue weighted by Gasteiger charge is -2.14. The van der Waals surface area contributed by atoms with Crippen LogP contribution in [-0.4, -0.2) is 39.9 Å². The standard InChI is InChI=1S/C20H23N3O7/c1-4-9-23-18(21)17(19(27)22(3)20(23)28)15(25)10-30-16(26)11-29-14-7-5-13(6-8-14)12(2)24/h5-8H,4,9-11,21H2,1-3H3. The van der Waals surface area contributed by atoms with Crippen LogP contribution in [0.15, 0.2) is 33.9 Å². The molecule has 2 aromatic rings. The van der Waals surface area contributed by atoms with Gasteiger partial charge in [0.1, 0.15) is 17.1 Å². The minimum atomic E-state index is -0.854. The van der Waals surface area contributed by atoms with E-state index in [1.807, 2.05) is 6.92 Å².